The van der Waals surface area contributed by atoms with E-state index in [4.69, 9.17) is 24.0 Å². The lowest BCUT2D eigenvalue weighted by molar-refractivity contribution is -0.231. The van der Waals surface area contributed by atoms with Gasteiger partial charge in [0, 0.05) is 18.5 Å². The number of carbonyl (C=O) groups is 4. The highest BCUT2D eigenvalue weighted by Gasteiger charge is 2.72. The molecule has 1 aromatic rings. The molecule has 1 heterocycles. The summed E-state index contributed by atoms with van der Waals surface area (Å²) in [6.07, 6.45) is 10.2. The minimum atomic E-state index is -0.625. The van der Waals surface area contributed by atoms with E-state index in [9.17, 15) is 19.2 Å². The zero-order valence-electron chi connectivity index (χ0n) is 32.2. The van der Waals surface area contributed by atoms with Crippen molar-refractivity contribution in [2.75, 3.05) is 26.4 Å². The summed E-state index contributed by atoms with van der Waals surface area (Å²) in [6.45, 7) is 21.8. The van der Waals surface area contributed by atoms with E-state index in [0.717, 1.165) is 74.6 Å². The molecule has 4 fully saturated rings. The van der Waals surface area contributed by atoms with E-state index in [0.29, 0.717) is 18.4 Å². The summed E-state index contributed by atoms with van der Waals surface area (Å²) in [5, 5.41) is 4.99. The molecule has 1 aromatic heterocycles. The van der Waals surface area contributed by atoms with Crippen LogP contribution in [0.2, 0.25) is 0 Å². The minimum absolute atomic E-state index is 0.00878. The van der Waals surface area contributed by atoms with Crippen LogP contribution < -0.4 is 0 Å². The van der Waals surface area contributed by atoms with Crippen molar-refractivity contribution in [3.63, 3.8) is 0 Å². The number of aromatic nitrogens is 2. The van der Waals surface area contributed by atoms with Gasteiger partial charge in [0.15, 0.2) is 6.61 Å². The fourth-order valence-corrected chi connectivity index (χ4v) is 13.1. The van der Waals surface area contributed by atoms with Crippen molar-refractivity contribution in [1.82, 2.24) is 9.78 Å². The summed E-state index contributed by atoms with van der Waals surface area (Å²) in [7, 11) is 0. The van der Waals surface area contributed by atoms with Gasteiger partial charge in [-0.15, -0.1) is 0 Å². The van der Waals surface area contributed by atoms with Gasteiger partial charge in [0.25, 0.3) is 0 Å². The molecule has 0 amide bonds. The molecule has 6 rings (SSSR count). The molecular formula is C41H60N2O8. The summed E-state index contributed by atoms with van der Waals surface area (Å²) in [6, 6.07) is 0. The molecule has 0 N–H and O–H groups in total. The summed E-state index contributed by atoms with van der Waals surface area (Å²) in [5.74, 6) is -0.117. The second-order valence-electron chi connectivity index (χ2n) is 17.6. The van der Waals surface area contributed by atoms with Gasteiger partial charge in [0.05, 0.1) is 24.3 Å². The van der Waals surface area contributed by atoms with E-state index in [2.05, 4.69) is 41.2 Å². The molecular weight excluding hydrogens is 648 g/mol. The van der Waals surface area contributed by atoms with E-state index >= 15 is 0 Å². The summed E-state index contributed by atoms with van der Waals surface area (Å²) < 4.78 is 23.7. The Morgan fingerprint density at radius 2 is 1.55 bits per heavy atom. The highest BCUT2D eigenvalue weighted by Crippen LogP contribution is 2.77. The molecule has 4 saturated carbocycles. The summed E-state index contributed by atoms with van der Waals surface area (Å²) in [5.41, 5.74) is 1.88. The topological polar surface area (TPSA) is 123 Å². The molecule has 0 unspecified atom stereocenters. The predicted octanol–water partition coefficient (Wildman–Crippen LogP) is 6.77. The molecule has 51 heavy (non-hydrogen) atoms. The molecule has 10 heteroatoms. The molecule has 0 saturated heterocycles. The van der Waals surface area contributed by atoms with Gasteiger partial charge in [0.1, 0.15) is 13.2 Å². The molecule has 5 aliphatic rings. The molecule has 282 valence electrons. The standard InChI is InChI=1S/C41H60N2O8/c1-10-48-32(45)22-43-21-27-20-37(6)30(38(7,35(27)42-43)24-51-26(5)44)15-16-40(9)31(37)13-12-29-34-28(25(3)4)14-17-41(34,19-18-39(29,40)8)36(47)50-23-33(46)49-11-2/h21,28-31,34H,3,10-20,22-24H2,1-2,4-9H3/t28-,29+,30+,31+,34+,37-,38-,39+,40+,41-/m0/s1. The Bertz CT molecular complexity index is 1580. The number of hydrogen-bond donors (Lipinski definition) is 0. The molecule has 0 bridgehead atoms. The molecule has 10 nitrogen and oxygen atoms in total. The van der Waals surface area contributed by atoms with E-state index in [-0.39, 0.29) is 78.3 Å². The Morgan fingerprint density at radius 1 is 0.843 bits per heavy atom. The first-order chi connectivity index (χ1) is 24.0. The normalized spacial score (nSPS) is 39.3. The number of fused-ring (bicyclic) bond motifs is 8. The first kappa shape index (κ1) is 37.6. The molecule has 5 aliphatic carbocycles. The van der Waals surface area contributed by atoms with Crippen molar-refractivity contribution in [3.8, 4) is 0 Å². The number of carbonyl (C=O) groups excluding carboxylic acids is 4. The summed E-state index contributed by atoms with van der Waals surface area (Å²) in [4.78, 5) is 51.1. The monoisotopic (exact) mass is 708 g/mol. The van der Waals surface area contributed by atoms with Crippen LogP contribution in [0.5, 0.6) is 0 Å². The van der Waals surface area contributed by atoms with Gasteiger partial charge in [-0.3, -0.25) is 19.1 Å². The van der Waals surface area contributed by atoms with Crippen LogP contribution in [0.15, 0.2) is 18.3 Å². The number of hydrogen-bond acceptors (Lipinski definition) is 9. The fourth-order valence-electron chi connectivity index (χ4n) is 13.1. The van der Waals surface area contributed by atoms with Gasteiger partial charge >= 0.3 is 23.9 Å². The van der Waals surface area contributed by atoms with Crippen LogP contribution in [0, 0.1) is 51.2 Å². The molecule has 0 aromatic carbocycles. The van der Waals surface area contributed by atoms with Crippen LogP contribution in [0.3, 0.4) is 0 Å². The lowest BCUT2D eigenvalue weighted by Crippen LogP contribution is -2.67. The van der Waals surface area contributed by atoms with E-state index in [1.54, 1.807) is 18.5 Å². The number of ether oxygens (including phenoxy) is 4. The van der Waals surface area contributed by atoms with Gasteiger partial charge in [-0.25, -0.2) is 4.79 Å². The van der Waals surface area contributed by atoms with Crippen LogP contribution in [0.25, 0.3) is 0 Å². The first-order valence-electron chi connectivity index (χ1n) is 19.3. The van der Waals surface area contributed by atoms with Crippen LogP contribution in [-0.4, -0.2) is 60.1 Å². The third-order valence-electron chi connectivity index (χ3n) is 15.3. The second kappa shape index (κ2) is 13.4. The first-order valence-corrected chi connectivity index (χ1v) is 19.3. The molecule has 0 radical (unpaired) electrons. The van der Waals surface area contributed by atoms with Crippen LogP contribution in [0.4, 0.5) is 0 Å². The second-order valence-corrected chi connectivity index (χ2v) is 17.6. The SMILES string of the molecule is C=C(C)[C@@H]1CC[C@]2(C(=O)OCC(=O)OCC)CC[C@]3(C)[C@H](CC[C@@H]4[C@@]5(C)Cc6cn(CC(=O)OCC)nc6[C@@](C)(COC(C)=O)[C@@H]5CC[C@]43C)[C@@H]12. The quantitative estimate of drug-likeness (QED) is 0.147. The van der Waals surface area contributed by atoms with Crippen LogP contribution in [-0.2, 0) is 56.5 Å². The number of nitrogens with zero attached hydrogens (tertiary/aromatic N) is 2. The lowest BCUT2D eigenvalue weighted by Gasteiger charge is -2.72. The van der Waals surface area contributed by atoms with Crippen LogP contribution >= 0.6 is 0 Å². The molecule has 10 atom stereocenters. The van der Waals surface area contributed by atoms with Gasteiger partial charge in [-0.2, -0.15) is 5.10 Å². The average Bonchev–Trinajstić information content (AvgIpc) is 3.65. The van der Waals surface area contributed by atoms with Crippen molar-refractivity contribution in [3.05, 3.63) is 29.6 Å². The minimum Gasteiger partial charge on any atom is -0.465 e. The van der Waals surface area contributed by atoms with E-state index in [1.165, 1.54) is 6.92 Å². The van der Waals surface area contributed by atoms with Gasteiger partial charge < -0.3 is 18.9 Å². The molecule has 0 aliphatic heterocycles. The maximum Gasteiger partial charge on any atom is 0.344 e. The van der Waals surface area contributed by atoms with Crippen molar-refractivity contribution in [1.29, 1.82) is 0 Å². The zero-order chi connectivity index (χ0) is 37.1. The van der Waals surface area contributed by atoms with E-state index in [1.807, 2.05) is 6.20 Å². The Balaban J connectivity index is 1.36. The largest absolute Gasteiger partial charge is 0.465 e. The smallest absolute Gasteiger partial charge is 0.344 e. The highest BCUT2D eigenvalue weighted by molar-refractivity contribution is 5.81. The van der Waals surface area contributed by atoms with Crippen molar-refractivity contribution in [2.24, 2.45) is 51.2 Å². The number of rotatable bonds is 10. The van der Waals surface area contributed by atoms with Crippen molar-refractivity contribution < 1.29 is 38.1 Å². The zero-order valence-corrected chi connectivity index (χ0v) is 32.2. The maximum atomic E-state index is 14.1. The summed E-state index contributed by atoms with van der Waals surface area (Å²) >= 11 is 0. The Morgan fingerprint density at radius 3 is 2.22 bits per heavy atom. The Labute approximate surface area is 303 Å². The predicted molar refractivity (Wildman–Crippen MR) is 190 cm³/mol. The van der Waals surface area contributed by atoms with Crippen molar-refractivity contribution in [2.45, 2.75) is 125 Å². The third kappa shape index (κ3) is 5.76. The maximum absolute atomic E-state index is 14.1. The fraction of sp³-hybridized carbons (Fsp3) is 0.780. The third-order valence-corrected chi connectivity index (χ3v) is 15.3. The van der Waals surface area contributed by atoms with Crippen molar-refractivity contribution >= 4 is 23.9 Å². The lowest BCUT2D eigenvalue weighted by atomic mass is 9.32. The van der Waals surface area contributed by atoms with E-state index < -0.39 is 16.8 Å². The highest BCUT2D eigenvalue weighted by atomic mass is 16.6. The number of esters is 4. The Hall–Kier alpha value is -3.17. The van der Waals surface area contributed by atoms with Gasteiger partial charge in [-0.1, -0.05) is 39.8 Å². The van der Waals surface area contributed by atoms with Crippen LogP contribution in [0.1, 0.15) is 118 Å². The van der Waals surface area contributed by atoms with Gasteiger partial charge in [0.2, 0.25) is 0 Å². The Kier molecular flexibility index (Phi) is 9.84. The molecule has 0 spiro atoms. The average molecular weight is 709 g/mol. The number of allylic oxidation sites excluding steroid dienone is 1. The van der Waals surface area contributed by atoms with Gasteiger partial charge in [-0.05, 0) is 130 Å².